The zero-order valence-corrected chi connectivity index (χ0v) is 12.4. The number of anilines is 1. The minimum absolute atomic E-state index is 0.0215. The number of amides is 1. The average Bonchev–Trinajstić information content (AvgIpc) is 2.53. The van der Waals surface area contributed by atoms with Gasteiger partial charge in [-0.1, -0.05) is 12.1 Å². The highest BCUT2D eigenvalue weighted by molar-refractivity contribution is 5.92. The fourth-order valence-electron chi connectivity index (χ4n) is 1.99. The Labute approximate surface area is 131 Å². The van der Waals surface area contributed by atoms with Gasteiger partial charge in [0.1, 0.15) is 0 Å². The number of pyridine rings is 1. The molecule has 1 amide bonds. The number of nitrogens with one attached hydrogen (secondary N) is 2. The van der Waals surface area contributed by atoms with Crippen LogP contribution in [0.1, 0.15) is 24.1 Å². The van der Waals surface area contributed by atoms with E-state index in [4.69, 9.17) is 0 Å². The maximum Gasteiger partial charge on any atom is 0.416 e. The van der Waals surface area contributed by atoms with Crippen LogP contribution in [0.3, 0.4) is 0 Å². The molecule has 0 aliphatic rings. The minimum Gasteiger partial charge on any atom is -0.324 e. The molecule has 23 heavy (non-hydrogen) atoms. The van der Waals surface area contributed by atoms with Crippen molar-refractivity contribution in [3.8, 4) is 0 Å². The molecule has 0 aliphatic carbocycles. The summed E-state index contributed by atoms with van der Waals surface area (Å²) in [5.74, 6) is -0.295. The second kappa shape index (κ2) is 7.23. The van der Waals surface area contributed by atoms with E-state index in [2.05, 4.69) is 15.6 Å². The largest absolute Gasteiger partial charge is 0.416 e. The van der Waals surface area contributed by atoms with E-state index in [0.717, 1.165) is 12.1 Å². The molecule has 2 N–H and O–H groups in total. The van der Waals surface area contributed by atoms with Crippen LogP contribution in [-0.4, -0.2) is 17.4 Å². The van der Waals surface area contributed by atoms with E-state index in [-0.39, 0.29) is 12.5 Å². The second-order valence-electron chi connectivity index (χ2n) is 5.02. The molecule has 0 unspecified atom stereocenters. The van der Waals surface area contributed by atoms with Gasteiger partial charge in [-0.2, -0.15) is 13.2 Å². The number of hydrogen-bond acceptors (Lipinski definition) is 3. The van der Waals surface area contributed by atoms with Gasteiger partial charge in [0, 0.05) is 12.2 Å². The van der Waals surface area contributed by atoms with E-state index in [0.29, 0.717) is 11.3 Å². The van der Waals surface area contributed by atoms with E-state index < -0.39 is 17.8 Å². The molecule has 0 spiro atoms. The number of benzene rings is 1. The third kappa shape index (κ3) is 5.07. The van der Waals surface area contributed by atoms with Crippen LogP contribution >= 0.6 is 0 Å². The van der Waals surface area contributed by atoms with Gasteiger partial charge in [-0.15, -0.1) is 0 Å². The molecule has 0 fully saturated rings. The molecule has 1 aromatic heterocycles. The third-order valence-corrected chi connectivity index (χ3v) is 3.23. The Morgan fingerprint density at radius 3 is 2.70 bits per heavy atom. The van der Waals surface area contributed by atoms with Gasteiger partial charge in [-0.05, 0) is 36.8 Å². The number of carbonyl (C=O) groups excluding carboxylic acids is 1. The van der Waals surface area contributed by atoms with Crippen LogP contribution in [0.25, 0.3) is 0 Å². The number of aromatic nitrogens is 1. The van der Waals surface area contributed by atoms with Crippen LogP contribution in [0, 0.1) is 0 Å². The maximum absolute atomic E-state index is 12.7. The van der Waals surface area contributed by atoms with Crippen molar-refractivity contribution in [1.82, 2.24) is 10.3 Å². The molecule has 1 heterocycles. The van der Waals surface area contributed by atoms with Crippen LogP contribution in [0.15, 0.2) is 48.8 Å². The Kier molecular flexibility index (Phi) is 5.33. The second-order valence-corrected chi connectivity index (χ2v) is 5.02. The first-order valence-electron chi connectivity index (χ1n) is 6.96. The molecule has 1 aromatic carbocycles. The standard InChI is InChI=1S/C16H16F3N3O/c1-11(12-4-2-5-13(8-12)16(17,18)19)21-10-15(23)22-14-6-3-7-20-9-14/h2-9,11,21H,10H2,1H3,(H,22,23)/t11-/m1/s1. The van der Waals surface area contributed by atoms with Crippen LogP contribution < -0.4 is 10.6 Å². The highest BCUT2D eigenvalue weighted by Crippen LogP contribution is 2.30. The summed E-state index contributed by atoms with van der Waals surface area (Å²) >= 11 is 0. The SMILES string of the molecule is C[C@@H](NCC(=O)Nc1cccnc1)c1cccc(C(F)(F)F)c1. The van der Waals surface area contributed by atoms with Crippen molar-refractivity contribution in [2.45, 2.75) is 19.1 Å². The molecule has 122 valence electrons. The van der Waals surface area contributed by atoms with Gasteiger partial charge in [0.2, 0.25) is 5.91 Å². The van der Waals surface area contributed by atoms with Crippen LogP contribution in [-0.2, 0) is 11.0 Å². The Morgan fingerprint density at radius 2 is 2.04 bits per heavy atom. The van der Waals surface area contributed by atoms with Crippen molar-refractivity contribution in [1.29, 1.82) is 0 Å². The number of hydrogen-bond donors (Lipinski definition) is 2. The fourth-order valence-corrected chi connectivity index (χ4v) is 1.99. The summed E-state index contributed by atoms with van der Waals surface area (Å²) in [6.07, 6.45) is -1.29. The lowest BCUT2D eigenvalue weighted by molar-refractivity contribution is -0.137. The molecule has 0 aliphatic heterocycles. The van der Waals surface area contributed by atoms with E-state index in [1.807, 2.05) is 0 Å². The average molecular weight is 323 g/mol. The lowest BCUT2D eigenvalue weighted by Gasteiger charge is -2.16. The van der Waals surface area contributed by atoms with Crippen molar-refractivity contribution in [3.05, 3.63) is 59.9 Å². The maximum atomic E-state index is 12.7. The summed E-state index contributed by atoms with van der Waals surface area (Å²) in [5.41, 5.74) is 0.323. The normalized spacial score (nSPS) is 12.7. The fraction of sp³-hybridized carbons (Fsp3) is 0.250. The summed E-state index contributed by atoms with van der Waals surface area (Å²) in [6, 6.07) is 8.03. The van der Waals surface area contributed by atoms with Crippen molar-refractivity contribution >= 4 is 11.6 Å². The van der Waals surface area contributed by atoms with Gasteiger partial charge < -0.3 is 10.6 Å². The molecular formula is C16H16F3N3O. The molecule has 0 saturated heterocycles. The van der Waals surface area contributed by atoms with E-state index >= 15 is 0 Å². The van der Waals surface area contributed by atoms with E-state index in [1.165, 1.54) is 12.3 Å². The third-order valence-electron chi connectivity index (χ3n) is 3.23. The van der Waals surface area contributed by atoms with Gasteiger partial charge in [0.15, 0.2) is 0 Å². The molecule has 2 rings (SSSR count). The molecule has 0 radical (unpaired) electrons. The molecule has 4 nitrogen and oxygen atoms in total. The summed E-state index contributed by atoms with van der Waals surface area (Å²) in [4.78, 5) is 15.7. The number of rotatable bonds is 5. The number of nitrogens with zero attached hydrogens (tertiary/aromatic N) is 1. The predicted molar refractivity (Wildman–Crippen MR) is 80.7 cm³/mol. The van der Waals surface area contributed by atoms with E-state index in [9.17, 15) is 18.0 Å². The Balaban J connectivity index is 1.92. The first kappa shape index (κ1) is 17.0. The van der Waals surface area contributed by atoms with Gasteiger partial charge in [0.05, 0.1) is 24.0 Å². The van der Waals surface area contributed by atoms with E-state index in [1.54, 1.807) is 31.3 Å². The zero-order chi connectivity index (χ0) is 16.9. The molecule has 0 bridgehead atoms. The van der Waals surface area contributed by atoms with Gasteiger partial charge in [-0.25, -0.2) is 0 Å². The highest BCUT2D eigenvalue weighted by Gasteiger charge is 2.30. The quantitative estimate of drug-likeness (QED) is 0.887. The van der Waals surface area contributed by atoms with Crippen LogP contribution in [0.4, 0.5) is 18.9 Å². The first-order chi connectivity index (χ1) is 10.9. The highest BCUT2D eigenvalue weighted by atomic mass is 19.4. The molecule has 7 heteroatoms. The zero-order valence-electron chi connectivity index (χ0n) is 12.4. The Morgan fingerprint density at radius 1 is 1.26 bits per heavy atom. The molecule has 2 aromatic rings. The predicted octanol–water partition coefficient (Wildman–Crippen LogP) is 3.39. The number of carbonyl (C=O) groups is 1. The Hall–Kier alpha value is -2.41. The van der Waals surface area contributed by atoms with Crippen LogP contribution in [0.5, 0.6) is 0 Å². The monoisotopic (exact) mass is 323 g/mol. The molecule has 1 atom stereocenters. The van der Waals surface area contributed by atoms with Crippen molar-refractivity contribution in [3.63, 3.8) is 0 Å². The lowest BCUT2D eigenvalue weighted by Crippen LogP contribution is -2.30. The van der Waals surface area contributed by atoms with Crippen LogP contribution in [0.2, 0.25) is 0 Å². The van der Waals surface area contributed by atoms with Gasteiger partial charge >= 0.3 is 6.18 Å². The number of alkyl halides is 3. The van der Waals surface area contributed by atoms with Crippen molar-refractivity contribution < 1.29 is 18.0 Å². The Bertz CT molecular complexity index is 659. The summed E-state index contributed by atoms with van der Waals surface area (Å²) < 4.78 is 38.1. The van der Waals surface area contributed by atoms with Crippen molar-refractivity contribution in [2.75, 3.05) is 11.9 Å². The van der Waals surface area contributed by atoms with Crippen molar-refractivity contribution in [2.24, 2.45) is 0 Å². The first-order valence-corrected chi connectivity index (χ1v) is 6.96. The lowest BCUT2D eigenvalue weighted by atomic mass is 10.0. The smallest absolute Gasteiger partial charge is 0.324 e. The van der Waals surface area contributed by atoms with Gasteiger partial charge in [-0.3, -0.25) is 9.78 Å². The molecular weight excluding hydrogens is 307 g/mol. The topological polar surface area (TPSA) is 54.0 Å². The number of halogens is 3. The molecule has 0 saturated carbocycles. The van der Waals surface area contributed by atoms with Gasteiger partial charge in [0.25, 0.3) is 0 Å². The summed E-state index contributed by atoms with van der Waals surface area (Å²) in [6.45, 7) is 1.68. The summed E-state index contributed by atoms with van der Waals surface area (Å²) in [7, 11) is 0. The summed E-state index contributed by atoms with van der Waals surface area (Å²) in [5, 5.41) is 5.54. The minimum atomic E-state index is -4.38.